The number of nitro groups is 1. The van der Waals surface area contributed by atoms with Gasteiger partial charge < -0.3 is 9.64 Å². The van der Waals surface area contributed by atoms with Crippen LogP contribution in [0.15, 0.2) is 42.5 Å². The van der Waals surface area contributed by atoms with Gasteiger partial charge in [0.05, 0.1) is 23.3 Å². The van der Waals surface area contributed by atoms with Crippen LogP contribution in [0.5, 0.6) is 5.75 Å². The Bertz CT molecular complexity index is 894. The maximum atomic E-state index is 12.7. The fraction of sp³-hybridized carbons (Fsp3) is 0.300. The van der Waals surface area contributed by atoms with E-state index in [0.29, 0.717) is 42.9 Å². The summed E-state index contributed by atoms with van der Waals surface area (Å²) in [5, 5.41) is 20.2. The van der Waals surface area contributed by atoms with E-state index < -0.39 is 4.92 Å². The second-order valence-electron chi connectivity index (χ2n) is 6.42. The van der Waals surface area contributed by atoms with Crippen molar-refractivity contribution in [3.63, 3.8) is 0 Å². The molecule has 3 rings (SSSR count). The molecule has 1 heterocycles. The Kier molecular flexibility index (Phi) is 5.36. The van der Waals surface area contributed by atoms with Crippen LogP contribution in [0.25, 0.3) is 0 Å². The predicted octanol–water partition coefficient (Wildman–Crippen LogP) is 3.57. The zero-order chi connectivity index (χ0) is 19.4. The molecule has 0 spiro atoms. The summed E-state index contributed by atoms with van der Waals surface area (Å²) >= 11 is 0. The van der Waals surface area contributed by atoms with Crippen molar-refractivity contribution >= 4 is 17.2 Å². The van der Waals surface area contributed by atoms with Gasteiger partial charge in [-0.15, -0.1) is 0 Å². The topological polar surface area (TPSA) is 96.5 Å². The molecule has 0 amide bonds. The largest absolute Gasteiger partial charge is 0.497 e. The molecule has 0 unspecified atom stereocenters. The van der Waals surface area contributed by atoms with Crippen LogP contribution in [0.1, 0.15) is 28.8 Å². The van der Waals surface area contributed by atoms with Crippen molar-refractivity contribution in [2.75, 3.05) is 25.1 Å². The average Bonchev–Trinajstić information content (AvgIpc) is 2.73. The highest BCUT2D eigenvalue weighted by atomic mass is 16.6. The van der Waals surface area contributed by atoms with Crippen LogP contribution < -0.4 is 9.64 Å². The molecule has 27 heavy (non-hydrogen) atoms. The number of carbonyl (C=O) groups excluding carboxylic acids is 1. The van der Waals surface area contributed by atoms with Crippen molar-refractivity contribution in [1.82, 2.24) is 0 Å². The molecule has 1 aliphatic heterocycles. The molecule has 0 radical (unpaired) electrons. The fourth-order valence-electron chi connectivity index (χ4n) is 3.38. The van der Waals surface area contributed by atoms with Crippen LogP contribution >= 0.6 is 0 Å². The second kappa shape index (κ2) is 7.87. The van der Waals surface area contributed by atoms with Crippen LogP contribution in [0.2, 0.25) is 0 Å². The Morgan fingerprint density at radius 1 is 1.22 bits per heavy atom. The van der Waals surface area contributed by atoms with Crippen LogP contribution in [-0.2, 0) is 0 Å². The van der Waals surface area contributed by atoms with Gasteiger partial charge in [0.25, 0.3) is 5.69 Å². The van der Waals surface area contributed by atoms with Crippen LogP contribution in [0, 0.1) is 27.4 Å². The Hall–Kier alpha value is -3.40. The number of non-ortho nitro benzene ring substituents is 1. The van der Waals surface area contributed by atoms with Gasteiger partial charge in [-0.05, 0) is 43.2 Å². The number of hydrogen-bond acceptors (Lipinski definition) is 6. The molecule has 1 aliphatic rings. The SMILES string of the molecule is COc1ccc(C(=O)C2CCN(c3ccc([N+](=O)[O-])cc3C#N)CC2)cc1. The van der Waals surface area contributed by atoms with Gasteiger partial charge in [-0.3, -0.25) is 14.9 Å². The van der Waals surface area contributed by atoms with Crippen molar-refractivity contribution < 1.29 is 14.5 Å². The first-order chi connectivity index (χ1) is 13.0. The Morgan fingerprint density at radius 2 is 1.89 bits per heavy atom. The minimum atomic E-state index is -0.510. The molecule has 7 nitrogen and oxygen atoms in total. The molecule has 0 atom stereocenters. The molecule has 0 saturated carbocycles. The number of nitriles is 1. The zero-order valence-electron chi connectivity index (χ0n) is 14.9. The van der Waals surface area contributed by atoms with Crippen molar-refractivity contribution in [3.8, 4) is 11.8 Å². The van der Waals surface area contributed by atoms with Gasteiger partial charge in [0.1, 0.15) is 11.8 Å². The molecule has 7 heteroatoms. The van der Waals surface area contributed by atoms with E-state index in [-0.39, 0.29) is 23.0 Å². The number of ether oxygens (including phenoxy) is 1. The van der Waals surface area contributed by atoms with E-state index in [0.717, 1.165) is 0 Å². The minimum absolute atomic E-state index is 0.0711. The average molecular weight is 365 g/mol. The van der Waals surface area contributed by atoms with Gasteiger partial charge in [-0.1, -0.05) is 0 Å². The number of methoxy groups -OCH3 is 1. The maximum absolute atomic E-state index is 12.7. The number of ketones is 1. The number of hydrogen-bond donors (Lipinski definition) is 0. The molecule has 2 aromatic rings. The van der Waals surface area contributed by atoms with Crippen LogP contribution in [0.3, 0.4) is 0 Å². The van der Waals surface area contributed by atoms with Crippen LogP contribution in [-0.4, -0.2) is 30.9 Å². The van der Waals surface area contributed by atoms with Gasteiger partial charge in [0.15, 0.2) is 5.78 Å². The Labute approximate surface area is 156 Å². The molecule has 0 aliphatic carbocycles. The highest BCUT2D eigenvalue weighted by molar-refractivity contribution is 5.98. The molecular weight excluding hydrogens is 346 g/mol. The monoisotopic (exact) mass is 365 g/mol. The summed E-state index contributed by atoms with van der Waals surface area (Å²) in [6, 6.07) is 13.5. The first kappa shape index (κ1) is 18.4. The molecule has 2 aromatic carbocycles. The number of benzene rings is 2. The van der Waals surface area contributed by atoms with Crippen LogP contribution in [0.4, 0.5) is 11.4 Å². The van der Waals surface area contributed by atoms with E-state index in [1.54, 1.807) is 37.4 Å². The van der Waals surface area contributed by atoms with E-state index in [1.165, 1.54) is 12.1 Å². The van der Waals surface area contributed by atoms with Gasteiger partial charge in [0, 0.05) is 36.7 Å². The normalized spacial score (nSPS) is 14.4. The highest BCUT2D eigenvalue weighted by Gasteiger charge is 2.27. The lowest BCUT2D eigenvalue weighted by atomic mass is 9.88. The summed E-state index contributed by atoms with van der Waals surface area (Å²) in [6.07, 6.45) is 1.35. The van der Waals surface area contributed by atoms with Crippen molar-refractivity contribution in [3.05, 3.63) is 63.7 Å². The van der Waals surface area contributed by atoms with Crippen molar-refractivity contribution in [2.24, 2.45) is 5.92 Å². The molecule has 0 aromatic heterocycles. The Morgan fingerprint density at radius 3 is 2.44 bits per heavy atom. The molecule has 0 N–H and O–H groups in total. The van der Waals surface area contributed by atoms with Crippen molar-refractivity contribution in [1.29, 1.82) is 5.26 Å². The summed E-state index contributed by atoms with van der Waals surface area (Å²) in [5.41, 5.74) is 1.53. The first-order valence-corrected chi connectivity index (χ1v) is 8.65. The fourth-order valence-corrected chi connectivity index (χ4v) is 3.38. The molecule has 138 valence electrons. The lowest BCUT2D eigenvalue weighted by Gasteiger charge is -2.33. The molecular formula is C20H19N3O4. The number of nitrogens with zero attached hydrogens (tertiary/aromatic N) is 3. The third-order valence-electron chi connectivity index (χ3n) is 4.89. The third-order valence-corrected chi connectivity index (χ3v) is 4.89. The van der Waals surface area contributed by atoms with Gasteiger partial charge in [-0.2, -0.15) is 5.26 Å². The second-order valence-corrected chi connectivity index (χ2v) is 6.42. The summed E-state index contributed by atoms with van der Waals surface area (Å²) in [6.45, 7) is 1.25. The summed E-state index contributed by atoms with van der Waals surface area (Å²) in [7, 11) is 1.58. The van der Waals surface area contributed by atoms with Gasteiger partial charge in [-0.25, -0.2) is 0 Å². The standard InChI is InChI=1S/C20H19N3O4/c1-27-18-5-2-14(3-6-18)20(24)15-8-10-22(11-9-15)19-7-4-17(23(25)26)12-16(19)13-21/h2-7,12,15H,8-11H2,1H3. The van der Waals surface area contributed by atoms with E-state index in [9.17, 15) is 20.2 Å². The lowest BCUT2D eigenvalue weighted by Crippen LogP contribution is -2.36. The van der Waals surface area contributed by atoms with E-state index >= 15 is 0 Å². The number of rotatable bonds is 5. The summed E-state index contributed by atoms with van der Waals surface area (Å²) in [4.78, 5) is 25.1. The smallest absolute Gasteiger partial charge is 0.270 e. The molecule has 1 saturated heterocycles. The quantitative estimate of drug-likeness (QED) is 0.456. The Balaban J connectivity index is 1.69. The number of anilines is 1. The van der Waals surface area contributed by atoms with Crippen molar-refractivity contribution in [2.45, 2.75) is 12.8 Å². The van der Waals surface area contributed by atoms with Gasteiger partial charge in [0.2, 0.25) is 0 Å². The number of nitro benzene ring substituents is 1. The number of piperidine rings is 1. The summed E-state index contributed by atoms with van der Waals surface area (Å²) < 4.78 is 5.12. The predicted molar refractivity (Wildman–Crippen MR) is 100 cm³/mol. The van der Waals surface area contributed by atoms with E-state index in [4.69, 9.17) is 4.74 Å². The highest BCUT2D eigenvalue weighted by Crippen LogP contribution is 2.30. The minimum Gasteiger partial charge on any atom is -0.497 e. The van der Waals surface area contributed by atoms with E-state index in [1.807, 2.05) is 11.0 Å². The summed E-state index contributed by atoms with van der Waals surface area (Å²) in [5.74, 6) is 0.753. The lowest BCUT2D eigenvalue weighted by molar-refractivity contribution is -0.384. The van der Waals surface area contributed by atoms with Gasteiger partial charge >= 0.3 is 0 Å². The third kappa shape index (κ3) is 3.90. The molecule has 1 fully saturated rings. The first-order valence-electron chi connectivity index (χ1n) is 8.65. The molecule has 0 bridgehead atoms. The zero-order valence-corrected chi connectivity index (χ0v) is 14.9. The number of carbonyl (C=O) groups is 1. The maximum Gasteiger partial charge on any atom is 0.270 e. The number of Topliss-reactive ketones (excluding diaryl/α,β-unsaturated/α-hetero) is 1. The van der Waals surface area contributed by atoms with E-state index in [2.05, 4.69) is 0 Å².